The van der Waals surface area contributed by atoms with Crippen molar-refractivity contribution < 1.29 is 4.79 Å². The first-order chi connectivity index (χ1) is 19.0. The Bertz CT molecular complexity index is 1610. The molecule has 39 heavy (non-hydrogen) atoms. The van der Waals surface area contributed by atoms with E-state index in [0.29, 0.717) is 39.6 Å². The molecule has 5 rings (SSSR count). The minimum atomic E-state index is -0.486. The molecule has 2 aromatic heterocycles. The van der Waals surface area contributed by atoms with Gasteiger partial charge in [0, 0.05) is 27.9 Å². The molecule has 0 saturated carbocycles. The fourth-order valence-electron chi connectivity index (χ4n) is 4.03. The van der Waals surface area contributed by atoms with E-state index in [2.05, 4.69) is 31.0 Å². The van der Waals surface area contributed by atoms with Crippen LogP contribution in [0.15, 0.2) is 91.3 Å². The highest BCUT2D eigenvalue weighted by Gasteiger charge is 2.19. The van der Waals surface area contributed by atoms with Crippen LogP contribution in [-0.4, -0.2) is 36.3 Å². The summed E-state index contributed by atoms with van der Waals surface area (Å²) < 4.78 is 1.49. The van der Waals surface area contributed by atoms with Crippen LogP contribution in [0.5, 0.6) is 0 Å². The first-order valence-electron chi connectivity index (χ1n) is 11.9. The number of amides is 1. The normalized spacial score (nSPS) is 11.9. The Morgan fingerprint density at radius 3 is 2.54 bits per heavy atom. The fourth-order valence-corrected chi connectivity index (χ4v) is 4.41. The molecule has 0 saturated heterocycles. The van der Waals surface area contributed by atoms with Gasteiger partial charge in [0.1, 0.15) is 6.33 Å². The first-order valence-corrected chi connectivity index (χ1v) is 12.7. The molecule has 1 amide bonds. The van der Waals surface area contributed by atoms with E-state index in [4.69, 9.17) is 28.9 Å². The second-order valence-electron chi connectivity index (χ2n) is 8.64. The summed E-state index contributed by atoms with van der Waals surface area (Å²) in [5, 5.41) is 23.6. The van der Waals surface area contributed by atoms with Gasteiger partial charge in [-0.2, -0.15) is 9.78 Å². The van der Waals surface area contributed by atoms with Gasteiger partial charge in [-0.25, -0.2) is 0 Å². The van der Waals surface area contributed by atoms with E-state index < -0.39 is 6.04 Å². The summed E-state index contributed by atoms with van der Waals surface area (Å²) >= 11 is 12.6. The van der Waals surface area contributed by atoms with Gasteiger partial charge < -0.3 is 11.1 Å². The highest BCUT2D eigenvalue weighted by Crippen LogP contribution is 2.29. The zero-order chi connectivity index (χ0) is 27.2. The highest BCUT2D eigenvalue weighted by molar-refractivity contribution is 6.32. The number of nitrogens with zero attached hydrogens (tertiary/aromatic N) is 6. The summed E-state index contributed by atoms with van der Waals surface area (Å²) in [4.78, 5) is 13.2. The molecule has 0 aliphatic carbocycles. The Balaban J connectivity index is 1.44. The van der Waals surface area contributed by atoms with Gasteiger partial charge >= 0.3 is 0 Å². The smallest absolute Gasteiger partial charge is 0.244 e. The molecule has 3 aromatic carbocycles. The molecule has 0 radical (unpaired) electrons. The van der Waals surface area contributed by atoms with Gasteiger partial charge in [0.25, 0.3) is 0 Å². The van der Waals surface area contributed by atoms with Gasteiger partial charge in [0.05, 0.1) is 17.4 Å². The van der Waals surface area contributed by atoms with Crippen LogP contribution in [-0.2, 0) is 11.2 Å². The summed E-state index contributed by atoms with van der Waals surface area (Å²) in [5.74, 6) is -0.329. The molecule has 0 aliphatic rings. The number of halogens is 2. The van der Waals surface area contributed by atoms with Gasteiger partial charge in [0.2, 0.25) is 5.91 Å². The number of nitrogen functional groups attached to an aromatic ring is 1. The first kappa shape index (κ1) is 26.0. The number of hydrogen-bond donors (Lipinski definition) is 2. The topological polar surface area (TPSA) is 124 Å². The summed E-state index contributed by atoms with van der Waals surface area (Å²) in [7, 11) is 0. The summed E-state index contributed by atoms with van der Waals surface area (Å²) in [6.07, 6.45) is 5.05. The van der Waals surface area contributed by atoms with Gasteiger partial charge in [-0.3, -0.25) is 4.79 Å². The molecule has 194 valence electrons. The predicted molar refractivity (Wildman–Crippen MR) is 151 cm³/mol. The fraction of sp³-hybridized carbons (Fsp3) is 0.0714. The number of anilines is 1. The van der Waals surface area contributed by atoms with Crippen molar-refractivity contribution in [3.8, 4) is 16.8 Å². The van der Waals surface area contributed by atoms with Gasteiger partial charge in [-0.05, 0) is 70.4 Å². The zero-order valence-electron chi connectivity index (χ0n) is 20.4. The molecule has 2 heterocycles. The number of tetrazole rings is 1. The molecule has 1 atom stereocenters. The van der Waals surface area contributed by atoms with E-state index in [0.717, 1.165) is 11.1 Å². The van der Waals surface area contributed by atoms with Crippen LogP contribution in [0.2, 0.25) is 10.2 Å². The Morgan fingerprint density at radius 2 is 1.79 bits per heavy atom. The van der Waals surface area contributed by atoms with E-state index in [9.17, 15) is 4.79 Å². The number of benzene rings is 3. The van der Waals surface area contributed by atoms with Crippen molar-refractivity contribution in [2.75, 3.05) is 5.73 Å². The van der Waals surface area contributed by atoms with E-state index >= 15 is 0 Å². The van der Waals surface area contributed by atoms with Crippen molar-refractivity contribution in [3.05, 3.63) is 118 Å². The van der Waals surface area contributed by atoms with Gasteiger partial charge in [0.15, 0.2) is 5.15 Å². The molecule has 9 nitrogen and oxygen atoms in total. The average molecular weight is 557 g/mol. The van der Waals surface area contributed by atoms with Crippen molar-refractivity contribution >= 4 is 40.9 Å². The third-order valence-corrected chi connectivity index (χ3v) is 6.46. The Kier molecular flexibility index (Phi) is 7.91. The van der Waals surface area contributed by atoms with Crippen LogP contribution in [0.1, 0.15) is 22.9 Å². The Hall–Kier alpha value is -4.60. The van der Waals surface area contributed by atoms with Crippen molar-refractivity contribution in [2.45, 2.75) is 12.5 Å². The zero-order valence-corrected chi connectivity index (χ0v) is 22.0. The molecular weight excluding hydrogens is 535 g/mol. The van der Waals surface area contributed by atoms with Gasteiger partial charge in [-0.1, -0.05) is 65.7 Å². The second-order valence-corrected chi connectivity index (χ2v) is 9.43. The quantitative estimate of drug-likeness (QED) is 0.200. The van der Waals surface area contributed by atoms with Crippen molar-refractivity contribution in [3.63, 3.8) is 0 Å². The summed E-state index contributed by atoms with van der Waals surface area (Å²) in [6, 6.07) is 23.7. The van der Waals surface area contributed by atoms with Gasteiger partial charge in [-0.15, -0.1) is 10.2 Å². The Labute approximate surface area is 234 Å². The van der Waals surface area contributed by atoms with E-state index in [-0.39, 0.29) is 11.1 Å². The van der Waals surface area contributed by atoms with Crippen LogP contribution in [0.4, 0.5) is 5.69 Å². The number of rotatable bonds is 8. The van der Waals surface area contributed by atoms with Crippen LogP contribution in [0.25, 0.3) is 22.9 Å². The largest absolute Gasteiger partial charge is 0.399 e. The maximum absolute atomic E-state index is 13.2. The van der Waals surface area contributed by atoms with Crippen LogP contribution >= 0.6 is 23.2 Å². The van der Waals surface area contributed by atoms with Crippen LogP contribution in [0, 0.1) is 0 Å². The SMILES string of the molecule is Nc1ccc(-c2cc(C(Cc3ccccc3)NC(=O)/C=C/c3cc(Cl)ccc3-n3cnnn3)nnc2Cl)cc1. The summed E-state index contributed by atoms with van der Waals surface area (Å²) in [5.41, 5.74) is 10.9. The maximum Gasteiger partial charge on any atom is 0.244 e. The lowest BCUT2D eigenvalue weighted by molar-refractivity contribution is -0.117. The maximum atomic E-state index is 13.2. The molecule has 3 N–H and O–H groups in total. The third kappa shape index (κ3) is 6.46. The van der Waals surface area contributed by atoms with Crippen molar-refractivity contribution in [1.82, 2.24) is 35.7 Å². The van der Waals surface area contributed by atoms with Crippen LogP contribution < -0.4 is 11.1 Å². The average Bonchev–Trinajstić information content (AvgIpc) is 3.48. The van der Waals surface area contributed by atoms with Crippen molar-refractivity contribution in [1.29, 1.82) is 0 Å². The standard InChI is InChI=1S/C28H22Cl2N8O/c29-21-9-12-26(38-17-32-36-37-38)20(15-21)8-13-27(39)33-24(14-18-4-2-1-3-5-18)25-16-23(28(30)35-34-25)19-6-10-22(31)11-7-19/h1-13,15-17,24H,14,31H2,(H,33,39)/b13-8+. The lowest BCUT2D eigenvalue weighted by Crippen LogP contribution is -2.29. The lowest BCUT2D eigenvalue weighted by Gasteiger charge is -2.18. The van der Waals surface area contributed by atoms with Crippen molar-refractivity contribution in [2.24, 2.45) is 0 Å². The third-order valence-electron chi connectivity index (χ3n) is 5.95. The predicted octanol–water partition coefficient (Wildman–Crippen LogP) is 5.12. The Morgan fingerprint density at radius 1 is 1.00 bits per heavy atom. The number of carbonyl (C=O) groups excluding carboxylic acids is 1. The van der Waals surface area contributed by atoms with E-state index in [1.807, 2.05) is 48.5 Å². The second kappa shape index (κ2) is 11.8. The monoisotopic (exact) mass is 556 g/mol. The molecule has 1 unspecified atom stereocenters. The number of hydrogen-bond acceptors (Lipinski definition) is 7. The molecule has 0 spiro atoms. The minimum absolute atomic E-state index is 0.254. The number of carbonyl (C=O) groups is 1. The molecule has 0 fully saturated rings. The minimum Gasteiger partial charge on any atom is -0.399 e. The summed E-state index contributed by atoms with van der Waals surface area (Å²) in [6.45, 7) is 0. The number of nitrogens with one attached hydrogen (secondary N) is 1. The molecule has 0 bridgehead atoms. The molecule has 0 aliphatic heterocycles. The lowest BCUT2D eigenvalue weighted by atomic mass is 10.00. The molecule has 11 heteroatoms. The molecule has 5 aromatic rings. The van der Waals surface area contributed by atoms with E-state index in [1.54, 1.807) is 36.4 Å². The highest BCUT2D eigenvalue weighted by atomic mass is 35.5. The van der Waals surface area contributed by atoms with Crippen LogP contribution in [0.3, 0.4) is 0 Å². The van der Waals surface area contributed by atoms with E-state index in [1.165, 1.54) is 17.1 Å². The molecular formula is C28H22Cl2N8O. The number of nitrogens with two attached hydrogens (primary N) is 1. The number of aromatic nitrogens is 6.